The molecule has 2 amide bonds. The summed E-state index contributed by atoms with van der Waals surface area (Å²) < 4.78 is 0.891. The van der Waals surface area contributed by atoms with Crippen molar-refractivity contribution >= 4 is 33.4 Å². The van der Waals surface area contributed by atoms with Crippen LogP contribution >= 0.6 is 15.9 Å². The van der Waals surface area contributed by atoms with Crippen LogP contribution in [-0.2, 0) is 0 Å². The van der Waals surface area contributed by atoms with Gasteiger partial charge in [0, 0.05) is 15.7 Å². The largest absolute Gasteiger partial charge is 0.363 e. The Hall–Kier alpha value is -2.34. The molecule has 1 heterocycles. The van der Waals surface area contributed by atoms with Gasteiger partial charge in [-0.25, -0.2) is 5.01 Å². The van der Waals surface area contributed by atoms with E-state index in [1.165, 1.54) is 5.01 Å². The van der Waals surface area contributed by atoms with Crippen molar-refractivity contribution in [2.45, 2.75) is 13.1 Å². The van der Waals surface area contributed by atoms with Crippen molar-refractivity contribution in [2.75, 3.05) is 5.32 Å². The number of nitrogens with zero attached hydrogens (tertiary/aromatic N) is 1. The van der Waals surface area contributed by atoms with Crippen LogP contribution in [0.15, 0.2) is 53.0 Å². The van der Waals surface area contributed by atoms with Crippen molar-refractivity contribution in [3.8, 4) is 0 Å². The molecule has 0 radical (unpaired) electrons. The zero-order chi connectivity index (χ0) is 15.7. The Labute approximate surface area is 136 Å². The zero-order valence-corrected chi connectivity index (χ0v) is 13.4. The van der Waals surface area contributed by atoms with E-state index in [9.17, 15) is 9.59 Å². The van der Waals surface area contributed by atoms with Gasteiger partial charge in [-0.15, -0.1) is 0 Å². The first-order valence-electron chi connectivity index (χ1n) is 6.82. The van der Waals surface area contributed by atoms with Crippen LogP contribution in [0, 0.1) is 0 Å². The second-order valence-electron chi connectivity index (χ2n) is 4.99. The number of nitrogens with one attached hydrogen (secondary N) is 2. The summed E-state index contributed by atoms with van der Waals surface area (Å²) >= 11 is 3.32. The number of hydrogen-bond donors (Lipinski definition) is 2. The summed E-state index contributed by atoms with van der Waals surface area (Å²) in [4.78, 5) is 24.8. The van der Waals surface area contributed by atoms with E-state index in [4.69, 9.17) is 0 Å². The number of carbonyl (C=O) groups excluding carboxylic acids is 2. The van der Waals surface area contributed by atoms with Crippen molar-refractivity contribution in [2.24, 2.45) is 0 Å². The van der Waals surface area contributed by atoms with E-state index >= 15 is 0 Å². The van der Waals surface area contributed by atoms with Crippen molar-refractivity contribution in [3.63, 3.8) is 0 Å². The van der Waals surface area contributed by atoms with Crippen LogP contribution in [0.4, 0.5) is 5.69 Å². The number of hydrazine groups is 1. The Morgan fingerprint density at radius 1 is 1.18 bits per heavy atom. The van der Waals surface area contributed by atoms with Gasteiger partial charge in [-0.3, -0.25) is 15.0 Å². The van der Waals surface area contributed by atoms with E-state index in [1.54, 1.807) is 36.4 Å². The number of rotatable bonds is 2. The molecule has 1 atom stereocenters. The highest BCUT2D eigenvalue weighted by atomic mass is 79.9. The van der Waals surface area contributed by atoms with E-state index in [2.05, 4.69) is 26.7 Å². The fraction of sp³-hybridized carbons (Fsp3) is 0.125. The van der Waals surface area contributed by atoms with Gasteiger partial charge in [0.05, 0.1) is 5.56 Å². The summed E-state index contributed by atoms with van der Waals surface area (Å²) in [6.45, 7) is 1.82. The highest BCUT2D eigenvalue weighted by Crippen LogP contribution is 2.23. The van der Waals surface area contributed by atoms with Gasteiger partial charge < -0.3 is 5.32 Å². The van der Waals surface area contributed by atoms with Gasteiger partial charge in [0.1, 0.15) is 6.17 Å². The topological polar surface area (TPSA) is 61.4 Å². The molecular formula is C16H14BrN3O2. The third-order valence-corrected chi connectivity index (χ3v) is 3.99. The van der Waals surface area contributed by atoms with E-state index in [0.717, 1.165) is 10.2 Å². The average Bonchev–Trinajstić information content (AvgIpc) is 2.52. The quantitative estimate of drug-likeness (QED) is 0.866. The molecule has 2 aromatic rings. The molecule has 6 heteroatoms. The minimum atomic E-state index is -0.332. The van der Waals surface area contributed by atoms with E-state index in [-0.39, 0.29) is 18.0 Å². The summed E-state index contributed by atoms with van der Waals surface area (Å²) in [6.07, 6.45) is -0.332. The third-order valence-electron chi connectivity index (χ3n) is 3.46. The van der Waals surface area contributed by atoms with Gasteiger partial charge in [0.15, 0.2) is 0 Å². The molecule has 1 aliphatic heterocycles. The Morgan fingerprint density at radius 2 is 1.86 bits per heavy atom. The summed E-state index contributed by atoms with van der Waals surface area (Å²) in [5.74, 6) is -0.554. The molecule has 0 saturated carbocycles. The number of anilines is 1. The Morgan fingerprint density at radius 3 is 2.59 bits per heavy atom. The molecule has 112 valence electrons. The minimum Gasteiger partial charge on any atom is -0.363 e. The van der Waals surface area contributed by atoms with Crippen LogP contribution in [0.25, 0.3) is 0 Å². The maximum Gasteiger partial charge on any atom is 0.276 e. The van der Waals surface area contributed by atoms with Crippen molar-refractivity contribution in [3.05, 3.63) is 64.1 Å². The van der Waals surface area contributed by atoms with E-state index < -0.39 is 0 Å². The molecule has 22 heavy (non-hydrogen) atoms. The molecule has 0 spiro atoms. The second-order valence-corrected chi connectivity index (χ2v) is 5.90. The minimum absolute atomic E-state index is 0.229. The van der Waals surface area contributed by atoms with Crippen LogP contribution in [0.2, 0.25) is 0 Å². The molecule has 0 bridgehead atoms. The number of hydrogen-bond acceptors (Lipinski definition) is 3. The van der Waals surface area contributed by atoms with E-state index in [0.29, 0.717) is 11.1 Å². The molecule has 1 aliphatic rings. The third kappa shape index (κ3) is 2.69. The highest BCUT2D eigenvalue weighted by molar-refractivity contribution is 9.10. The summed E-state index contributed by atoms with van der Waals surface area (Å²) in [7, 11) is 0. The van der Waals surface area contributed by atoms with Crippen molar-refractivity contribution in [1.29, 1.82) is 0 Å². The number of para-hydroxylation sites is 1. The van der Waals surface area contributed by atoms with Crippen LogP contribution in [-0.4, -0.2) is 23.0 Å². The molecule has 2 aromatic carbocycles. The lowest BCUT2D eigenvalue weighted by atomic mass is 10.1. The predicted octanol–water partition coefficient (Wildman–Crippen LogP) is 3.01. The van der Waals surface area contributed by atoms with E-state index in [1.807, 2.05) is 19.1 Å². The molecule has 0 saturated heterocycles. The summed E-state index contributed by atoms with van der Waals surface area (Å²) in [5.41, 5.74) is 4.46. The van der Waals surface area contributed by atoms with Gasteiger partial charge in [0.2, 0.25) is 0 Å². The molecule has 3 rings (SSSR count). The molecule has 0 unspecified atom stereocenters. The fourth-order valence-corrected chi connectivity index (χ4v) is 2.58. The number of benzene rings is 2. The molecular weight excluding hydrogens is 346 g/mol. The maximum absolute atomic E-state index is 12.5. The molecule has 0 fully saturated rings. The van der Waals surface area contributed by atoms with Crippen LogP contribution in [0.5, 0.6) is 0 Å². The van der Waals surface area contributed by atoms with Crippen molar-refractivity contribution < 1.29 is 9.59 Å². The first-order chi connectivity index (χ1) is 10.6. The number of fused-ring (bicyclic) bond motifs is 1. The van der Waals surface area contributed by atoms with Gasteiger partial charge in [-0.1, -0.05) is 28.1 Å². The van der Waals surface area contributed by atoms with Gasteiger partial charge in [-0.05, 0) is 43.3 Å². The van der Waals surface area contributed by atoms with Crippen LogP contribution in [0.1, 0.15) is 27.6 Å². The molecule has 0 aromatic heterocycles. The summed E-state index contributed by atoms with van der Waals surface area (Å²) in [6, 6.07) is 14.2. The molecule has 5 nitrogen and oxygen atoms in total. The lowest BCUT2D eigenvalue weighted by Gasteiger charge is -2.35. The number of halogens is 1. The first kappa shape index (κ1) is 14.6. The highest BCUT2D eigenvalue weighted by Gasteiger charge is 2.30. The second kappa shape index (κ2) is 5.81. The Bertz CT molecular complexity index is 730. The number of amides is 2. The lowest BCUT2D eigenvalue weighted by molar-refractivity contribution is 0.0510. The summed E-state index contributed by atoms with van der Waals surface area (Å²) in [5, 5.41) is 4.50. The predicted molar refractivity (Wildman–Crippen MR) is 87.3 cm³/mol. The Kier molecular flexibility index (Phi) is 3.85. The Balaban J connectivity index is 1.82. The SMILES string of the molecule is C[C@@H]1Nc2ccccc2C(=O)N1NC(=O)c1ccc(Br)cc1. The normalized spacial score (nSPS) is 16.7. The monoisotopic (exact) mass is 359 g/mol. The van der Waals surface area contributed by atoms with Gasteiger partial charge in [-0.2, -0.15) is 0 Å². The smallest absolute Gasteiger partial charge is 0.276 e. The van der Waals surface area contributed by atoms with Gasteiger partial charge in [0.25, 0.3) is 11.8 Å². The standard InChI is InChI=1S/C16H14BrN3O2/c1-10-18-14-5-3-2-4-13(14)16(22)20(10)19-15(21)11-6-8-12(17)9-7-11/h2-10,18H,1H3,(H,19,21)/t10-/m1/s1. The first-order valence-corrected chi connectivity index (χ1v) is 7.61. The fourth-order valence-electron chi connectivity index (χ4n) is 2.31. The molecule has 0 aliphatic carbocycles. The van der Waals surface area contributed by atoms with Crippen LogP contribution in [0.3, 0.4) is 0 Å². The lowest BCUT2D eigenvalue weighted by Crippen LogP contribution is -2.56. The van der Waals surface area contributed by atoms with Gasteiger partial charge >= 0.3 is 0 Å². The maximum atomic E-state index is 12.5. The van der Waals surface area contributed by atoms with Crippen LogP contribution < -0.4 is 10.7 Å². The number of carbonyl (C=O) groups is 2. The zero-order valence-electron chi connectivity index (χ0n) is 11.8. The molecule has 2 N–H and O–H groups in total. The van der Waals surface area contributed by atoms with Crippen molar-refractivity contribution in [1.82, 2.24) is 10.4 Å². The average molecular weight is 360 g/mol.